The summed E-state index contributed by atoms with van der Waals surface area (Å²) in [5.74, 6) is 0. The van der Waals surface area contributed by atoms with Gasteiger partial charge in [0.2, 0.25) is 0 Å². The van der Waals surface area contributed by atoms with E-state index >= 15 is 0 Å². The summed E-state index contributed by atoms with van der Waals surface area (Å²) in [5.41, 5.74) is 4.47. The third kappa shape index (κ3) is 2.02. The Labute approximate surface area is 148 Å². The van der Waals surface area contributed by atoms with Gasteiger partial charge in [0.15, 0.2) is 0 Å². The zero-order chi connectivity index (χ0) is 17.5. The van der Waals surface area contributed by atoms with Gasteiger partial charge >= 0.3 is 149 Å². The molecule has 3 heteroatoms. The second-order valence-electron chi connectivity index (χ2n) is 7.12. The topological polar surface area (TPSA) is 34.1 Å². The van der Waals surface area contributed by atoms with Crippen molar-refractivity contribution in [2.45, 2.75) is 14.2 Å². The van der Waals surface area contributed by atoms with Crippen molar-refractivity contribution in [3.05, 3.63) is 82.9 Å². The van der Waals surface area contributed by atoms with Crippen molar-refractivity contribution in [2.75, 3.05) is 0 Å². The molecule has 0 fully saturated rings. The van der Waals surface area contributed by atoms with E-state index in [1.165, 1.54) is 0 Å². The van der Waals surface area contributed by atoms with Crippen LogP contribution in [0, 0.1) is 0 Å². The molecule has 0 heterocycles. The van der Waals surface area contributed by atoms with Crippen molar-refractivity contribution < 1.29 is 27.9 Å². The Morgan fingerprint density at radius 1 is 0.760 bits per heavy atom. The van der Waals surface area contributed by atoms with E-state index in [0.29, 0.717) is 0 Å². The van der Waals surface area contributed by atoms with Gasteiger partial charge in [-0.2, -0.15) is 0 Å². The van der Waals surface area contributed by atoms with E-state index in [9.17, 15) is 9.59 Å². The van der Waals surface area contributed by atoms with Crippen LogP contribution in [-0.2, 0) is 27.9 Å². The quantitative estimate of drug-likeness (QED) is 0.703. The van der Waals surface area contributed by atoms with Gasteiger partial charge in [-0.05, 0) is 0 Å². The third-order valence-electron chi connectivity index (χ3n) is 6.25. The van der Waals surface area contributed by atoms with Crippen molar-refractivity contribution in [2.24, 2.45) is 0 Å². The van der Waals surface area contributed by atoms with Gasteiger partial charge in [-0.3, -0.25) is 0 Å². The van der Waals surface area contributed by atoms with E-state index in [0.717, 1.165) is 30.2 Å². The summed E-state index contributed by atoms with van der Waals surface area (Å²) in [6.07, 6.45) is 8.31. The van der Waals surface area contributed by atoms with Crippen molar-refractivity contribution in [1.29, 1.82) is 0 Å². The number of allylic oxidation sites excluding steroid dienone is 2. The number of hydrogen-bond acceptors (Lipinski definition) is 2. The Bertz CT molecular complexity index is 931. The van der Waals surface area contributed by atoms with Crippen LogP contribution >= 0.6 is 0 Å². The molecule has 0 aromatic heterocycles. The van der Waals surface area contributed by atoms with Crippen LogP contribution in [0.4, 0.5) is 0 Å². The molecule has 2 atom stereocenters. The van der Waals surface area contributed by atoms with E-state index < -0.39 is 18.3 Å². The van der Waals surface area contributed by atoms with Gasteiger partial charge in [0.25, 0.3) is 0 Å². The van der Waals surface area contributed by atoms with E-state index in [-0.39, 0.29) is 7.25 Å². The molecule has 25 heavy (non-hydrogen) atoms. The zero-order valence-corrected chi connectivity index (χ0v) is 16.6. The summed E-state index contributed by atoms with van der Waals surface area (Å²) in [5, 5.41) is 0. The first-order valence-corrected chi connectivity index (χ1v) is 15.7. The number of rotatable bonds is 4. The molecule has 2 aliphatic rings. The predicted octanol–water partition coefficient (Wildman–Crippen LogP) is 4.41. The first kappa shape index (κ1) is 16.5. The standard InChI is InChI=1S/2C9H7.C2H4.2CHO.Zr/c2*1-2-5-9-7-3-6-8(9)4-1;3*1-2;/h2*1-7H;1H,2H3;2*1H;. The molecular formula is C22H20O2Zr. The average molecular weight is 408 g/mol. The minimum atomic E-state index is -4.71. The van der Waals surface area contributed by atoms with Crippen LogP contribution in [0.15, 0.2) is 60.7 Å². The van der Waals surface area contributed by atoms with Gasteiger partial charge in [0.05, 0.1) is 0 Å². The Hall–Kier alpha value is -1.99. The molecular weight excluding hydrogens is 387 g/mol. The van der Waals surface area contributed by atoms with E-state index in [4.69, 9.17) is 0 Å². The molecule has 0 spiro atoms. The van der Waals surface area contributed by atoms with Gasteiger partial charge in [-0.15, -0.1) is 0 Å². The molecule has 0 N–H and O–H groups in total. The summed E-state index contributed by atoms with van der Waals surface area (Å²) in [6.45, 7) is 1.91. The molecule has 2 unspecified atom stereocenters. The van der Waals surface area contributed by atoms with Crippen LogP contribution in [0.25, 0.3) is 12.2 Å². The van der Waals surface area contributed by atoms with Gasteiger partial charge in [0, 0.05) is 0 Å². The molecule has 0 saturated heterocycles. The number of carbonyl (C=O) groups excluding carboxylic acids is 2. The Morgan fingerprint density at radius 3 is 1.60 bits per heavy atom. The van der Waals surface area contributed by atoms with Gasteiger partial charge in [0.1, 0.15) is 0 Å². The Morgan fingerprint density at radius 2 is 1.20 bits per heavy atom. The number of hydrogen-bond donors (Lipinski definition) is 0. The van der Waals surface area contributed by atoms with Crippen molar-refractivity contribution in [3.8, 4) is 0 Å². The van der Waals surface area contributed by atoms with Crippen molar-refractivity contribution in [1.82, 2.24) is 0 Å². The zero-order valence-electron chi connectivity index (χ0n) is 14.1. The molecule has 2 aromatic carbocycles. The summed E-state index contributed by atoms with van der Waals surface area (Å²) in [4.78, 5) is 25.5. The summed E-state index contributed by atoms with van der Waals surface area (Å²) >= 11 is -4.71. The summed E-state index contributed by atoms with van der Waals surface area (Å²) in [7, 11) is 0. The monoisotopic (exact) mass is 406 g/mol. The van der Waals surface area contributed by atoms with Crippen molar-refractivity contribution >= 4 is 23.8 Å². The number of fused-ring (bicyclic) bond motifs is 2. The van der Waals surface area contributed by atoms with Crippen LogP contribution < -0.4 is 0 Å². The van der Waals surface area contributed by atoms with Crippen LogP contribution in [0.1, 0.15) is 36.4 Å². The Kier molecular flexibility index (Phi) is 3.81. The second kappa shape index (κ2) is 5.78. The van der Waals surface area contributed by atoms with Gasteiger partial charge < -0.3 is 0 Å². The molecule has 2 aromatic rings. The molecule has 4 rings (SSSR count). The molecule has 0 amide bonds. The first-order chi connectivity index (χ1) is 12.2. The third-order valence-corrected chi connectivity index (χ3v) is 21.7. The molecule has 2 aliphatic carbocycles. The van der Waals surface area contributed by atoms with E-state index in [2.05, 4.69) is 48.6 Å². The summed E-state index contributed by atoms with van der Waals surface area (Å²) < 4.78 is 3.93. The normalized spacial score (nSPS) is 20.9. The molecule has 0 radical (unpaired) electrons. The average Bonchev–Trinajstić information content (AvgIpc) is 3.31. The maximum absolute atomic E-state index is 12.8. The molecule has 2 nitrogen and oxygen atoms in total. The van der Waals surface area contributed by atoms with Crippen LogP contribution in [0.5, 0.6) is 0 Å². The van der Waals surface area contributed by atoms with Crippen LogP contribution in [0.3, 0.4) is 0 Å². The molecule has 0 aliphatic heterocycles. The fraction of sp³-hybridized carbons (Fsp3) is 0.136. The Balaban J connectivity index is 2.03. The van der Waals surface area contributed by atoms with E-state index in [1.807, 2.05) is 34.9 Å². The maximum atomic E-state index is 12.8. The van der Waals surface area contributed by atoms with Crippen molar-refractivity contribution in [3.63, 3.8) is 0 Å². The van der Waals surface area contributed by atoms with Crippen LogP contribution in [0.2, 0.25) is 0 Å². The predicted molar refractivity (Wildman–Crippen MR) is 102 cm³/mol. The number of benzene rings is 2. The summed E-state index contributed by atoms with van der Waals surface area (Å²) in [6, 6.07) is 16.2. The fourth-order valence-corrected chi connectivity index (χ4v) is 17.1. The SMILES string of the molecule is C[CH]=[Zr]([CH]=O)([CH]=O)([CH]1C=Cc2ccccc21)[CH]1C=Cc2ccccc21. The second-order valence-corrected chi connectivity index (χ2v) is 21.0. The molecule has 124 valence electrons. The molecule has 0 saturated carbocycles. The van der Waals surface area contributed by atoms with Gasteiger partial charge in [-0.1, -0.05) is 0 Å². The first-order valence-electron chi connectivity index (χ1n) is 8.63. The minimum absolute atomic E-state index is 0.113. The van der Waals surface area contributed by atoms with Gasteiger partial charge in [-0.25, -0.2) is 0 Å². The molecule has 0 bridgehead atoms. The van der Waals surface area contributed by atoms with Crippen LogP contribution in [-0.4, -0.2) is 11.7 Å². The number of carbonyl (C=O) groups is 2. The fourth-order valence-electron chi connectivity index (χ4n) is 4.67. The van der Waals surface area contributed by atoms with E-state index in [1.54, 1.807) is 0 Å².